The zero-order valence-electron chi connectivity index (χ0n) is 18.8. The van der Waals surface area contributed by atoms with Crippen molar-refractivity contribution in [2.75, 3.05) is 23.3 Å². The van der Waals surface area contributed by atoms with E-state index in [0.717, 1.165) is 13.3 Å². The van der Waals surface area contributed by atoms with Crippen LogP contribution in [0.2, 0.25) is 5.02 Å². The lowest BCUT2D eigenvalue weighted by Gasteiger charge is -2.34. The molecule has 0 spiro atoms. The molecule has 0 saturated carbocycles. The summed E-state index contributed by atoms with van der Waals surface area (Å²) in [5.74, 6) is -2.97. The van der Waals surface area contributed by atoms with Crippen molar-refractivity contribution in [3.63, 3.8) is 0 Å². The van der Waals surface area contributed by atoms with Crippen molar-refractivity contribution in [3.8, 4) is 0 Å². The number of amides is 1. The average molecular weight is 503 g/mol. The number of hydrogen-bond acceptors (Lipinski definition) is 6. The third-order valence-corrected chi connectivity index (χ3v) is 6.78. The van der Waals surface area contributed by atoms with Crippen molar-refractivity contribution in [1.82, 2.24) is 19.9 Å². The van der Waals surface area contributed by atoms with Crippen LogP contribution in [0.3, 0.4) is 0 Å². The van der Waals surface area contributed by atoms with E-state index in [4.69, 9.17) is 16.6 Å². The standard InChI is InChI=1S/C24H22ClF3N6O/c1-3-19(35)34-11-14-8-15(34)10-33(14)18-7-6-17-22(32-18)23(30-12-29-17)31-16-5-4-13(9-24(2,27)28)20(25)21(16)26/h3-7,12,14-15H,1,8-11H2,2H3,(H,29,30,31)/t14-,15-/m0/s1. The fraction of sp³-hybridized carbons (Fsp3) is 0.333. The Kier molecular flexibility index (Phi) is 5.79. The third kappa shape index (κ3) is 4.38. The van der Waals surface area contributed by atoms with Gasteiger partial charge < -0.3 is 15.1 Å². The second-order valence-electron chi connectivity index (χ2n) is 8.92. The molecule has 182 valence electrons. The lowest BCUT2D eigenvalue weighted by molar-refractivity contribution is -0.127. The summed E-state index contributed by atoms with van der Waals surface area (Å²) in [7, 11) is 0. The average Bonchev–Trinajstić information content (AvgIpc) is 3.44. The Morgan fingerprint density at radius 2 is 2.06 bits per heavy atom. The lowest BCUT2D eigenvalue weighted by atomic mass is 10.1. The summed E-state index contributed by atoms with van der Waals surface area (Å²) in [5, 5.41) is 2.52. The van der Waals surface area contributed by atoms with Crippen molar-refractivity contribution in [2.24, 2.45) is 0 Å². The maximum Gasteiger partial charge on any atom is 0.249 e. The summed E-state index contributed by atoms with van der Waals surface area (Å²) < 4.78 is 41.7. The number of halogens is 4. The molecule has 2 aliphatic heterocycles. The Hall–Kier alpha value is -3.40. The van der Waals surface area contributed by atoms with Crippen molar-refractivity contribution in [2.45, 2.75) is 37.8 Å². The van der Waals surface area contributed by atoms with Crippen molar-refractivity contribution in [3.05, 3.63) is 59.7 Å². The van der Waals surface area contributed by atoms with Gasteiger partial charge in [-0.1, -0.05) is 24.2 Å². The largest absolute Gasteiger partial charge is 0.350 e. The number of benzene rings is 1. The summed E-state index contributed by atoms with van der Waals surface area (Å²) in [6, 6.07) is 6.61. The Balaban J connectivity index is 1.43. The summed E-state index contributed by atoms with van der Waals surface area (Å²) in [6.07, 6.45) is 2.84. The predicted octanol–water partition coefficient (Wildman–Crippen LogP) is 4.73. The van der Waals surface area contributed by atoms with Gasteiger partial charge in [-0.05, 0) is 43.2 Å². The molecular weight excluding hydrogens is 481 g/mol. The Bertz CT molecular complexity index is 1330. The lowest BCUT2D eigenvalue weighted by Crippen LogP contribution is -2.48. The molecule has 4 heterocycles. The molecule has 2 aromatic heterocycles. The van der Waals surface area contributed by atoms with Gasteiger partial charge in [-0.3, -0.25) is 4.79 Å². The molecule has 0 aliphatic carbocycles. The van der Waals surface area contributed by atoms with Crippen molar-refractivity contribution in [1.29, 1.82) is 0 Å². The van der Waals surface area contributed by atoms with Crippen molar-refractivity contribution >= 4 is 45.9 Å². The van der Waals surface area contributed by atoms with Crippen LogP contribution in [0.4, 0.5) is 30.5 Å². The zero-order valence-corrected chi connectivity index (χ0v) is 19.6. The van der Waals surface area contributed by atoms with E-state index in [-0.39, 0.29) is 40.1 Å². The van der Waals surface area contributed by atoms with Gasteiger partial charge >= 0.3 is 0 Å². The first-order valence-corrected chi connectivity index (χ1v) is 11.5. The molecule has 5 rings (SSSR count). The predicted molar refractivity (Wildman–Crippen MR) is 128 cm³/mol. The number of nitrogens with zero attached hydrogens (tertiary/aromatic N) is 5. The number of aromatic nitrogens is 3. The number of nitrogens with one attached hydrogen (secondary N) is 1. The molecule has 2 atom stereocenters. The SMILES string of the molecule is C=CC(=O)N1C[C@@H]2C[C@H]1CN2c1ccc2ncnc(Nc3ccc(CC(C)(F)F)c(Cl)c3F)c2n1. The van der Waals surface area contributed by atoms with E-state index in [1.54, 1.807) is 6.07 Å². The number of fused-ring (bicyclic) bond motifs is 3. The van der Waals surface area contributed by atoms with Crippen LogP contribution in [0.15, 0.2) is 43.2 Å². The van der Waals surface area contributed by atoms with Crippen molar-refractivity contribution < 1.29 is 18.0 Å². The first-order valence-electron chi connectivity index (χ1n) is 11.1. The molecule has 2 fully saturated rings. The highest BCUT2D eigenvalue weighted by Crippen LogP contribution is 2.36. The molecule has 1 amide bonds. The summed E-state index contributed by atoms with van der Waals surface area (Å²) in [6.45, 7) is 5.57. The number of alkyl halides is 2. The van der Waals surface area contributed by atoms with Crippen LogP contribution >= 0.6 is 11.6 Å². The summed E-state index contributed by atoms with van der Waals surface area (Å²) in [4.78, 5) is 29.2. The number of hydrogen-bond donors (Lipinski definition) is 1. The van der Waals surface area contributed by atoms with E-state index in [9.17, 15) is 18.0 Å². The highest BCUT2D eigenvalue weighted by Gasteiger charge is 2.45. The van der Waals surface area contributed by atoms with Gasteiger partial charge in [0.25, 0.3) is 0 Å². The van der Waals surface area contributed by atoms with Gasteiger partial charge in [-0.2, -0.15) is 0 Å². The number of anilines is 3. The van der Waals surface area contributed by atoms with Crippen LogP contribution in [0, 0.1) is 5.82 Å². The molecule has 7 nitrogen and oxygen atoms in total. The maximum atomic E-state index is 14.9. The van der Waals surface area contributed by atoms with Gasteiger partial charge in [0.2, 0.25) is 11.8 Å². The van der Waals surface area contributed by atoms with Gasteiger partial charge in [0.1, 0.15) is 17.7 Å². The summed E-state index contributed by atoms with van der Waals surface area (Å²) in [5.41, 5.74) is 0.978. The van der Waals surface area contributed by atoms with E-state index in [0.29, 0.717) is 29.9 Å². The van der Waals surface area contributed by atoms with Crippen LogP contribution in [-0.4, -0.2) is 56.9 Å². The summed E-state index contributed by atoms with van der Waals surface area (Å²) >= 11 is 6.04. The number of pyridine rings is 1. The van der Waals surface area contributed by atoms with Gasteiger partial charge in [0, 0.05) is 19.5 Å². The van der Waals surface area contributed by atoms with E-state index in [1.807, 2.05) is 11.0 Å². The minimum atomic E-state index is -3.01. The Morgan fingerprint density at radius 1 is 1.26 bits per heavy atom. The zero-order chi connectivity index (χ0) is 24.9. The second-order valence-corrected chi connectivity index (χ2v) is 9.30. The smallest absolute Gasteiger partial charge is 0.249 e. The molecule has 2 saturated heterocycles. The highest BCUT2D eigenvalue weighted by atomic mass is 35.5. The maximum absolute atomic E-state index is 14.9. The fourth-order valence-electron chi connectivity index (χ4n) is 4.80. The molecule has 0 radical (unpaired) electrons. The molecule has 2 aliphatic rings. The van der Waals surface area contributed by atoms with E-state index in [1.165, 1.54) is 24.5 Å². The van der Waals surface area contributed by atoms with Crippen LogP contribution in [-0.2, 0) is 11.2 Å². The van der Waals surface area contributed by atoms with Gasteiger partial charge in [-0.15, -0.1) is 0 Å². The fourth-order valence-corrected chi connectivity index (χ4v) is 5.03. The quantitative estimate of drug-likeness (QED) is 0.491. The molecule has 1 aromatic carbocycles. The van der Waals surface area contributed by atoms with Gasteiger partial charge in [0.15, 0.2) is 11.6 Å². The first kappa shape index (κ1) is 23.3. The number of carbonyl (C=O) groups excluding carboxylic acids is 1. The first-order chi connectivity index (χ1) is 16.6. The van der Waals surface area contributed by atoms with Gasteiger partial charge in [0.05, 0.1) is 28.3 Å². The van der Waals surface area contributed by atoms with E-state index in [2.05, 4.69) is 26.8 Å². The minimum absolute atomic E-state index is 0.0100. The minimum Gasteiger partial charge on any atom is -0.350 e. The van der Waals surface area contributed by atoms with Gasteiger partial charge in [-0.25, -0.2) is 28.1 Å². The Morgan fingerprint density at radius 3 is 2.74 bits per heavy atom. The molecule has 3 aromatic rings. The number of piperazine rings is 1. The molecule has 11 heteroatoms. The normalized spacial score (nSPS) is 19.5. The molecule has 35 heavy (non-hydrogen) atoms. The molecule has 1 N–H and O–H groups in total. The molecular formula is C24H22ClF3N6O. The number of likely N-dealkylation sites (tertiary alicyclic amines) is 1. The number of rotatable bonds is 6. The topological polar surface area (TPSA) is 74.2 Å². The van der Waals surface area contributed by atoms with E-state index >= 15 is 0 Å². The van der Waals surface area contributed by atoms with E-state index < -0.39 is 18.2 Å². The van der Waals surface area contributed by atoms with Crippen LogP contribution < -0.4 is 10.2 Å². The Labute approximate surface area is 204 Å². The second kappa shape index (κ2) is 8.67. The highest BCUT2D eigenvalue weighted by molar-refractivity contribution is 6.31. The number of carbonyl (C=O) groups is 1. The van der Waals surface area contributed by atoms with Crippen LogP contribution in [0.25, 0.3) is 11.0 Å². The van der Waals surface area contributed by atoms with Crippen LogP contribution in [0.5, 0.6) is 0 Å². The monoisotopic (exact) mass is 502 g/mol. The molecule has 0 unspecified atom stereocenters. The van der Waals surface area contributed by atoms with Crippen LogP contribution in [0.1, 0.15) is 18.9 Å². The third-order valence-electron chi connectivity index (χ3n) is 6.38. The molecule has 2 bridgehead atoms.